The lowest BCUT2D eigenvalue weighted by atomic mass is 10.2. The Labute approximate surface area is 134 Å². The van der Waals surface area contributed by atoms with Crippen LogP contribution in [0.15, 0.2) is 24.3 Å². The number of halogens is 2. The summed E-state index contributed by atoms with van der Waals surface area (Å²) in [5, 5.41) is 0.901. The van der Waals surface area contributed by atoms with E-state index in [0.29, 0.717) is 23.1 Å². The fourth-order valence-corrected chi connectivity index (χ4v) is 1.95. The number of amides is 1. The molecule has 0 N–H and O–H groups in total. The van der Waals surface area contributed by atoms with Gasteiger partial charge < -0.3 is 9.64 Å². The van der Waals surface area contributed by atoms with Gasteiger partial charge in [-0.3, -0.25) is 9.59 Å². The molecule has 4 nitrogen and oxygen atoms in total. The van der Waals surface area contributed by atoms with Gasteiger partial charge in [-0.1, -0.05) is 29.3 Å². The zero-order chi connectivity index (χ0) is 15.8. The molecule has 0 atom stereocenters. The van der Waals surface area contributed by atoms with Crippen LogP contribution < -0.4 is 0 Å². The molecular weight excluding hydrogens is 313 g/mol. The number of carbonyl (C=O) groups excluding carboxylic acids is 2. The number of hydrogen-bond donors (Lipinski definition) is 0. The highest BCUT2D eigenvalue weighted by molar-refractivity contribution is 6.42. The van der Waals surface area contributed by atoms with Crippen molar-refractivity contribution >= 4 is 41.2 Å². The van der Waals surface area contributed by atoms with Crippen LogP contribution in [0.3, 0.4) is 0 Å². The van der Waals surface area contributed by atoms with Crippen molar-refractivity contribution in [1.29, 1.82) is 0 Å². The number of hydrogen-bond acceptors (Lipinski definition) is 3. The van der Waals surface area contributed by atoms with E-state index >= 15 is 0 Å². The van der Waals surface area contributed by atoms with E-state index < -0.39 is 0 Å². The highest BCUT2D eigenvalue weighted by Crippen LogP contribution is 2.23. The number of ether oxygens (including phenoxy) is 1. The second-order valence-corrected chi connectivity index (χ2v) is 5.07. The zero-order valence-corrected chi connectivity index (χ0v) is 13.4. The molecule has 1 aromatic rings. The molecule has 1 rings (SSSR count). The Hall–Kier alpha value is -1.52. The molecule has 0 fully saturated rings. The summed E-state index contributed by atoms with van der Waals surface area (Å²) in [6, 6.07) is 5.12. The van der Waals surface area contributed by atoms with Crippen molar-refractivity contribution in [3.63, 3.8) is 0 Å². The normalized spacial score (nSPS) is 10.7. The van der Waals surface area contributed by atoms with Gasteiger partial charge in [-0.2, -0.15) is 0 Å². The molecule has 0 aliphatic rings. The Balaban J connectivity index is 2.66. The SMILES string of the molecule is CCN(CCC(=O)OC)C(=O)/C=C/c1ccc(Cl)c(Cl)c1. The van der Waals surface area contributed by atoms with E-state index in [-0.39, 0.29) is 18.3 Å². The quantitative estimate of drug-likeness (QED) is 0.593. The number of carbonyl (C=O) groups is 2. The maximum Gasteiger partial charge on any atom is 0.307 e. The molecule has 114 valence electrons. The van der Waals surface area contributed by atoms with Gasteiger partial charge >= 0.3 is 5.97 Å². The second-order valence-electron chi connectivity index (χ2n) is 4.25. The highest BCUT2D eigenvalue weighted by atomic mass is 35.5. The van der Waals surface area contributed by atoms with Gasteiger partial charge in [0.2, 0.25) is 5.91 Å². The minimum atomic E-state index is -0.338. The summed E-state index contributed by atoms with van der Waals surface area (Å²) in [5.74, 6) is -0.512. The average Bonchev–Trinajstić information content (AvgIpc) is 2.48. The van der Waals surface area contributed by atoms with Gasteiger partial charge in [0.05, 0.1) is 23.6 Å². The van der Waals surface area contributed by atoms with Gasteiger partial charge in [-0.05, 0) is 30.7 Å². The van der Waals surface area contributed by atoms with Gasteiger partial charge in [-0.25, -0.2) is 0 Å². The first-order chi connectivity index (χ1) is 9.97. The topological polar surface area (TPSA) is 46.6 Å². The number of methoxy groups -OCH3 is 1. The molecule has 0 spiro atoms. The summed E-state index contributed by atoms with van der Waals surface area (Å²) in [4.78, 5) is 24.7. The summed E-state index contributed by atoms with van der Waals surface area (Å²) in [6.07, 6.45) is 3.28. The van der Waals surface area contributed by atoms with Gasteiger partial charge in [0.25, 0.3) is 0 Å². The molecule has 0 aliphatic carbocycles. The summed E-state index contributed by atoms with van der Waals surface area (Å²) in [7, 11) is 1.32. The standard InChI is InChI=1S/C15H17Cl2NO3/c1-3-18(9-8-15(20)21-2)14(19)7-5-11-4-6-12(16)13(17)10-11/h4-7,10H,3,8-9H2,1-2H3/b7-5+. The Bertz CT molecular complexity index is 544. The van der Waals surface area contributed by atoms with Crippen molar-refractivity contribution in [2.24, 2.45) is 0 Å². The van der Waals surface area contributed by atoms with Crippen molar-refractivity contribution in [2.75, 3.05) is 20.2 Å². The van der Waals surface area contributed by atoms with Crippen molar-refractivity contribution in [3.05, 3.63) is 39.9 Å². The van der Waals surface area contributed by atoms with Crippen molar-refractivity contribution in [3.8, 4) is 0 Å². The first-order valence-corrected chi connectivity index (χ1v) is 7.22. The zero-order valence-electron chi connectivity index (χ0n) is 11.9. The maximum absolute atomic E-state index is 12.0. The molecule has 0 aromatic heterocycles. The fourth-order valence-electron chi connectivity index (χ4n) is 1.64. The molecule has 0 aliphatic heterocycles. The Kier molecular flexibility index (Phi) is 7.26. The molecule has 0 saturated heterocycles. The van der Waals surface area contributed by atoms with Crippen LogP contribution in [-0.2, 0) is 14.3 Å². The van der Waals surface area contributed by atoms with Gasteiger partial charge in [0.15, 0.2) is 0 Å². The van der Waals surface area contributed by atoms with E-state index in [1.807, 2.05) is 6.92 Å². The Morgan fingerprint density at radius 2 is 2.00 bits per heavy atom. The fraction of sp³-hybridized carbons (Fsp3) is 0.333. The third-order valence-electron chi connectivity index (χ3n) is 2.87. The predicted molar refractivity (Wildman–Crippen MR) is 84.4 cm³/mol. The van der Waals surface area contributed by atoms with E-state index in [0.717, 1.165) is 5.56 Å². The molecule has 21 heavy (non-hydrogen) atoms. The molecular formula is C15H17Cl2NO3. The smallest absolute Gasteiger partial charge is 0.307 e. The summed E-state index contributed by atoms with van der Waals surface area (Å²) in [5.41, 5.74) is 0.779. The second kappa shape index (κ2) is 8.70. The Morgan fingerprint density at radius 1 is 1.29 bits per heavy atom. The van der Waals surface area contributed by atoms with Crippen LogP contribution in [0.25, 0.3) is 6.08 Å². The molecule has 6 heteroatoms. The molecule has 0 heterocycles. The average molecular weight is 330 g/mol. The Morgan fingerprint density at radius 3 is 2.57 bits per heavy atom. The van der Waals surface area contributed by atoms with Crippen LogP contribution in [-0.4, -0.2) is 37.0 Å². The molecule has 1 amide bonds. The van der Waals surface area contributed by atoms with Crippen LogP contribution in [0.2, 0.25) is 10.0 Å². The number of rotatable bonds is 6. The minimum absolute atomic E-state index is 0.174. The van der Waals surface area contributed by atoms with Crippen molar-refractivity contribution in [2.45, 2.75) is 13.3 Å². The largest absolute Gasteiger partial charge is 0.469 e. The third kappa shape index (κ3) is 5.78. The van der Waals surface area contributed by atoms with Gasteiger partial charge in [0.1, 0.15) is 0 Å². The van der Waals surface area contributed by atoms with Crippen LogP contribution in [0.1, 0.15) is 18.9 Å². The lowest BCUT2D eigenvalue weighted by Gasteiger charge is -2.18. The van der Waals surface area contributed by atoms with E-state index in [2.05, 4.69) is 4.74 Å². The van der Waals surface area contributed by atoms with Crippen LogP contribution in [0.5, 0.6) is 0 Å². The molecule has 0 bridgehead atoms. The van der Waals surface area contributed by atoms with Gasteiger partial charge in [-0.15, -0.1) is 0 Å². The predicted octanol–water partition coefficient (Wildman–Crippen LogP) is 3.42. The van der Waals surface area contributed by atoms with E-state index in [4.69, 9.17) is 23.2 Å². The van der Waals surface area contributed by atoms with Crippen molar-refractivity contribution < 1.29 is 14.3 Å². The number of nitrogens with zero attached hydrogens (tertiary/aromatic N) is 1. The molecule has 0 saturated carbocycles. The lowest BCUT2D eigenvalue weighted by Crippen LogP contribution is -2.31. The molecule has 0 radical (unpaired) electrons. The minimum Gasteiger partial charge on any atom is -0.469 e. The van der Waals surface area contributed by atoms with E-state index in [9.17, 15) is 9.59 Å². The summed E-state index contributed by atoms with van der Waals surface area (Å²) in [6.45, 7) is 2.69. The molecule has 0 unspecified atom stereocenters. The monoisotopic (exact) mass is 329 g/mol. The van der Waals surface area contributed by atoms with E-state index in [1.165, 1.54) is 13.2 Å². The first kappa shape index (κ1) is 17.5. The van der Waals surface area contributed by atoms with E-state index in [1.54, 1.807) is 29.2 Å². The number of esters is 1. The maximum atomic E-state index is 12.0. The number of benzene rings is 1. The van der Waals surface area contributed by atoms with Crippen LogP contribution in [0.4, 0.5) is 0 Å². The van der Waals surface area contributed by atoms with Crippen LogP contribution in [0, 0.1) is 0 Å². The highest BCUT2D eigenvalue weighted by Gasteiger charge is 2.10. The first-order valence-electron chi connectivity index (χ1n) is 6.46. The lowest BCUT2D eigenvalue weighted by molar-refractivity contribution is -0.141. The van der Waals surface area contributed by atoms with Crippen LogP contribution >= 0.6 is 23.2 Å². The summed E-state index contributed by atoms with van der Waals surface area (Å²) < 4.78 is 4.56. The summed E-state index contributed by atoms with van der Waals surface area (Å²) >= 11 is 11.7. The third-order valence-corrected chi connectivity index (χ3v) is 3.61. The van der Waals surface area contributed by atoms with Crippen molar-refractivity contribution in [1.82, 2.24) is 4.90 Å². The van der Waals surface area contributed by atoms with Gasteiger partial charge in [0, 0.05) is 19.2 Å². The molecule has 1 aromatic carbocycles. The number of likely N-dealkylation sites (N-methyl/N-ethyl adjacent to an activating group) is 1.